The van der Waals surface area contributed by atoms with Crippen LogP contribution in [0.15, 0.2) is 12.2 Å². The van der Waals surface area contributed by atoms with E-state index in [-0.39, 0.29) is 6.10 Å². The molecule has 0 spiro atoms. The van der Waals surface area contributed by atoms with E-state index in [9.17, 15) is 5.11 Å². The van der Waals surface area contributed by atoms with E-state index in [2.05, 4.69) is 20.4 Å². The molecule has 0 radical (unpaired) electrons. The van der Waals surface area contributed by atoms with Crippen molar-refractivity contribution in [3.8, 4) is 0 Å². The van der Waals surface area contributed by atoms with Gasteiger partial charge in [0, 0.05) is 0 Å². The largest absolute Gasteiger partial charge is 0.393 e. The van der Waals surface area contributed by atoms with Crippen LogP contribution < -0.4 is 0 Å². The molecule has 1 aliphatic carbocycles. The van der Waals surface area contributed by atoms with E-state index >= 15 is 0 Å². The molecule has 11 heavy (non-hydrogen) atoms. The minimum Gasteiger partial charge on any atom is -0.393 e. The zero-order valence-electron chi connectivity index (χ0n) is 7.51. The molecular formula is C10H18O. The van der Waals surface area contributed by atoms with Gasteiger partial charge < -0.3 is 5.11 Å². The van der Waals surface area contributed by atoms with Crippen molar-refractivity contribution in [3.63, 3.8) is 0 Å². The van der Waals surface area contributed by atoms with Crippen molar-refractivity contribution in [2.75, 3.05) is 0 Å². The van der Waals surface area contributed by atoms with E-state index in [1.807, 2.05) is 0 Å². The molecule has 0 aromatic heterocycles. The van der Waals surface area contributed by atoms with E-state index < -0.39 is 0 Å². The second-order valence-electron chi connectivity index (χ2n) is 3.93. The number of hydrogen-bond donors (Lipinski definition) is 1. The Morgan fingerprint density at radius 1 is 1.55 bits per heavy atom. The third-order valence-corrected chi connectivity index (χ3v) is 2.79. The van der Waals surface area contributed by atoms with Crippen molar-refractivity contribution < 1.29 is 5.11 Å². The molecular weight excluding hydrogens is 136 g/mol. The quantitative estimate of drug-likeness (QED) is 0.605. The zero-order chi connectivity index (χ0) is 8.43. The molecule has 0 heterocycles. The Bertz CT molecular complexity index is 151. The van der Waals surface area contributed by atoms with Crippen molar-refractivity contribution >= 4 is 0 Å². The fourth-order valence-corrected chi connectivity index (χ4v) is 1.96. The van der Waals surface area contributed by atoms with Gasteiger partial charge >= 0.3 is 0 Å². The van der Waals surface area contributed by atoms with Gasteiger partial charge in [-0.1, -0.05) is 12.5 Å². The Balaban J connectivity index is 2.42. The van der Waals surface area contributed by atoms with Crippen molar-refractivity contribution in [2.45, 2.75) is 39.2 Å². The normalized spacial score (nSPS) is 37.5. The van der Waals surface area contributed by atoms with Gasteiger partial charge in [0.25, 0.3) is 0 Å². The van der Waals surface area contributed by atoms with E-state index in [0.717, 1.165) is 12.8 Å². The van der Waals surface area contributed by atoms with E-state index in [1.165, 1.54) is 12.0 Å². The van der Waals surface area contributed by atoms with Gasteiger partial charge in [0.15, 0.2) is 0 Å². The predicted octanol–water partition coefficient (Wildman–Crippen LogP) is 2.36. The maximum Gasteiger partial charge on any atom is 0.0568 e. The number of hydrogen-bond acceptors (Lipinski definition) is 1. The molecule has 0 aromatic carbocycles. The van der Waals surface area contributed by atoms with Crippen LogP contribution in [-0.2, 0) is 0 Å². The van der Waals surface area contributed by atoms with Crippen LogP contribution in [0.1, 0.15) is 33.1 Å². The molecule has 0 amide bonds. The highest BCUT2D eigenvalue weighted by Crippen LogP contribution is 2.35. The minimum absolute atomic E-state index is 0.0562. The van der Waals surface area contributed by atoms with Crippen molar-refractivity contribution in [1.82, 2.24) is 0 Å². The second-order valence-corrected chi connectivity index (χ2v) is 3.93. The predicted molar refractivity (Wildman–Crippen MR) is 47.3 cm³/mol. The molecule has 0 aliphatic heterocycles. The van der Waals surface area contributed by atoms with Gasteiger partial charge in [0.1, 0.15) is 0 Å². The molecule has 1 N–H and O–H groups in total. The fourth-order valence-electron chi connectivity index (χ4n) is 1.96. The summed E-state index contributed by atoms with van der Waals surface area (Å²) in [5.41, 5.74) is 1.25. The highest BCUT2D eigenvalue weighted by molar-refractivity contribution is 4.95. The zero-order valence-corrected chi connectivity index (χ0v) is 7.51. The van der Waals surface area contributed by atoms with Crippen LogP contribution in [0, 0.1) is 11.8 Å². The average Bonchev–Trinajstić information content (AvgIpc) is 2.18. The first-order chi connectivity index (χ1) is 5.11. The van der Waals surface area contributed by atoms with Crippen molar-refractivity contribution in [3.05, 3.63) is 12.2 Å². The van der Waals surface area contributed by atoms with Crippen LogP contribution in [0.25, 0.3) is 0 Å². The van der Waals surface area contributed by atoms with Gasteiger partial charge in [-0.05, 0) is 38.0 Å². The van der Waals surface area contributed by atoms with Gasteiger partial charge in [0.05, 0.1) is 6.10 Å². The van der Waals surface area contributed by atoms with Crippen LogP contribution in [0.3, 0.4) is 0 Å². The third-order valence-electron chi connectivity index (χ3n) is 2.79. The fraction of sp³-hybridized carbons (Fsp3) is 0.800. The first-order valence-corrected chi connectivity index (χ1v) is 4.43. The third kappa shape index (κ3) is 2.06. The molecule has 1 heteroatoms. The van der Waals surface area contributed by atoms with Crippen molar-refractivity contribution in [2.24, 2.45) is 11.8 Å². The van der Waals surface area contributed by atoms with Gasteiger partial charge in [-0.25, -0.2) is 0 Å². The summed E-state index contributed by atoms with van der Waals surface area (Å²) in [5, 5.41) is 9.45. The Morgan fingerprint density at radius 2 is 2.18 bits per heavy atom. The summed E-state index contributed by atoms with van der Waals surface area (Å²) in [6, 6.07) is 0. The van der Waals surface area contributed by atoms with E-state index in [4.69, 9.17) is 0 Å². The Morgan fingerprint density at radius 3 is 2.55 bits per heavy atom. The monoisotopic (exact) mass is 154 g/mol. The number of allylic oxidation sites excluding steroid dienone is 1. The van der Waals surface area contributed by atoms with Crippen LogP contribution in [0.2, 0.25) is 0 Å². The lowest BCUT2D eigenvalue weighted by molar-refractivity contribution is 0.127. The van der Waals surface area contributed by atoms with E-state index in [1.54, 1.807) is 0 Å². The lowest BCUT2D eigenvalue weighted by atomic mass is 9.91. The summed E-state index contributed by atoms with van der Waals surface area (Å²) in [6.45, 7) is 8.11. The molecule has 1 aliphatic rings. The maximum absolute atomic E-state index is 9.45. The first kappa shape index (κ1) is 8.79. The number of rotatable bonds is 2. The molecule has 1 saturated carbocycles. The summed E-state index contributed by atoms with van der Waals surface area (Å²) < 4.78 is 0. The smallest absolute Gasteiger partial charge is 0.0568 e. The second kappa shape index (κ2) is 3.40. The number of aliphatic hydroxyl groups excluding tert-OH is 1. The molecule has 3 unspecified atom stereocenters. The van der Waals surface area contributed by atoms with Crippen LogP contribution in [0.5, 0.6) is 0 Å². The molecule has 0 bridgehead atoms. The van der Waals surface area contributed by atoms with Gasteiger partial charge in [0.2, 0.25) is 0 Å². The van der Waals surface area contributed by atoms with Crippen LogP contribution in [0.4, 0.5) is 0 Å². The highest BCUT2D eigenvalue weighted by atomic mass is 16.3. The molecule has 64 valence electrons. The molecule has 1 rings (SSSR count). The summed E-state index contributed by atoms with van der Waals surface area (Å²) in [4.78, 5) is 0. The standard InChI is InChI=1S/C10H18O/c1-7(2)6-9-4-5-10(11)8(9)3/h8-11H,1,4-6H2,2-3H3. The molecule has 1 fully saturated rings. The maximum atomic E-state index is 9.45. The lowest BCUT2D eigenvalue weighted by Gasteiger charge is -2.16. The van der Waals surface area contributed by atoms with Gasteiger partial charge in [-0.2, -0.15) is 0 Å². The highest BCUT2D eigenvalue weighted by Gasteiger charge is 2.30. The first-order valence-electron chi connectivity index (χ1n) is 4.43. The average molecular weight is 154 g/mol. The van der Waals surface area contributed by atoms with Crippen LogP contribution in [-0.4, -0.2) is 11.2 Å². The Hall–Kier alpha value is -0.300. The SMILES string of the molecule is C=C(C)CC1CCC(O)C1C. The summed E-state index contributed by atoms with van der Waals surface area (Å²) in [6.07, 6.45) is 3.20. The summed E-state index contributed by atoms with van der Waals surface area (Å²) in [5.74, 6) is 1.16. The van der Waals surface area contributed by atoms with Crippen molar-refractivity contribution in [1.29, 1.82) is 0 Å². The topological polar surface area (TPSA) is 20.2 Å². The lowest BCUT2D eigenvalue weighted by Crippen LogP contribution is -2.15. The van der Waals surface area contributed by atoms with Crippen LogP contribution >= 0.6 is 0 Å². The molecule has 0 saturated heterocycles. The van der Waals surface area contributed by atoms with E-state index in [0.29, 0.717) is 11.8 Å². The molecule has 0 aromatic rings. The van der Waals surface area contributed by atoms with Gasteiger partial charge in [-0.15, -0.1) is 6.58 Å². The minimum atomic E-state index is -0.0562. The molecule has 1 nitrogen and oxygen atoms in total. The summed E-state index contributed by atoms with van der Waals surface area (Å²) >= 11 is 0. The van der Waals surface area contributed by atoms with Gasteiger partial charge in [-0.3, -0.25) is 0 Å². The molecule has 3 atom stereocenters. The number of aliphatic hydroxyl groups is 1. The Labute approximate surface area is 69.1 Å². The Kier molecular flexibility index (Phi) is 2.72. The summed E-state index contributed by atoms with van der Waals surface area (Å²) in [7, 11) is 0.